The topological polar surface area (TPSA) is 84.3 Å². The molecule has 2 heterocycles. The first-order valence-electron chi connectivity index (χ1n) is 8.24. The van der Waals surface area contributed by atoms with E-state index in [4.69, 9.17) is 0 Å². The quantitative estimate of drug-likeness (QED) is 0.830. The van der Waals surface area contributed by atoms with Gasteiger partial charge in [0, 0.05) is 25.5 Å². The first-order chi connectivity index (χ1) is 11.9. The molecule has 2 aromatic rings. The number of benzene rings is 1. The lowest BCUT2D eigenvalue weighted by atomic mass is 10.1. The highest BCUT2D eigenvalue weighted by molar-refractivity contribution is 7.88. The van der Waals surface area contributed by atoms with Gasteiger partial charge in [0.25, 0.3) is 0 Å². The van der Waals surface area contributed by atoms with Crippen molar-refractivity contribution in [1.82, 2.24) is 19.4 Å². The number of hydrogen-bond acceptors (Lipinski definition) is 4. The van der Waals surface area contributed by atoms with Crippen molar-refractivity contribution in [2.75, 3.05) is 12.8 Å². The summed E-state index contributed by atoms with van der Waals surface area (Å²) in [5.74, 6) is -0.239. The van der Waals surface area contributed by atoms with Crippen LogP contribution in [0.1, 0.15) is 24.0 Å². The number of hydrogen-bond donors (Lipinski definition) is 1. The molecule has 1 amide bonds. The molecular weight excluding hydrogens is 340 g/mol. The molecule has 1 fully saturated rings. The SMILES string of the molecule is CS(=O)(=O)N1CCCC1C(=O)NCc1ccccc1Cn1cccn1. The van der Waals surface area contributed by atoms with Gasteiger partial charge in [-0.15, -0.1) is 0 Å². The molecule has 0 spiro atoms. The van der Waals surface area contributed by atoms with Crippen LogP contribution in [-0.2, 0) is 27.9 Å². The number of carbonyl (C=O) groups is 1. The van der Waals surface area contributed by atoms with Crippen LogP contribution >= 0.6 is 0 Å². The Kier molecular flexibility index (Phi) is 5.19. The molecule has 7 nitrogen and oxygen atoms in total. The van der Waals surface area contributed by atoms with Crippen molar-refractivity contribution >= 4 is 15.9 Å². The molecule has 1 N–H and O–H groups in total. The second-order valence-electron chi connectivity index (χ2n) is 6.22. The van der Waals surface area contributed by atoms with Crippen LogP contribution in [0.25, 0.3) is 0 Å². The fraction of sp³-hybridized carbons (Fsp3) is 0.412. The molecular formula is C17H22N4O3S. The van der Waals surface area contributed by atoms with Gasteiger partial charge in [0.1, 0.15) is 6.04 Å². The Morgan fingerprint density at radius 3 is 2.72 bits per heavy atom. The van der Waals surface area contributed by atoms with E-state index in [2.05, 4.69) is 10.4 Å². The largest absolute Gasteiger partial charge is 0.351 e. The smallest absolute Gasteiger partial charge is 0.238 e. The summed E-state index contributed by atoms with van der Waals surface area (Å²) in [5, 5.41) is 7.09. The van der Waals surface area contributed by atoms with Crippen molar-refractivity contribution in [2.24, 2.45) is 0 Å². The second-order valence-corrected chi connectivity index (χ2v) is 8.16. The normalized spacial score (nSPS) is 18.4. The molecule has 1 saturated heterocycles. The Hall–Kier alpha value is -2.19. The van der Waals surface area contributed by atoms with E-state index in [0.717, 1.165) is 17.4 Å². The van der Waals surface area contributed by atoms with Crippen LogP contribution in [0.3, 0.4) is 0 Å². The van der Waals surface area contributed by atoms with Crippen LogP contribution in [0, 0.1) is 0 Å². The fourth-order valence-electron chi connectivity index (χ4n) is 3.15. The van der Waals surface area contributed by atoms with Gasteiger partial charge in [0.05, 0.1) is 12.8 Å². The van der Waals surface area contributed by atoms with E-state index in [9.17, 15) is 13.2 Å². The lowest BCUT2D eigenvalue weighted by molar-refractivity contribution is -0.124. The molecule has 0 saturated carbocycles. The number of aromatic nitrogens is 2. The Morgan fingerprint density at radius 1 is 1.28 bits per heavy atom. The second kappa shape index (κ2) is 7.37. The highest BCUT2D eigenvalue weighted by Gasteiger charge is 2.36. The molecule has 0 aliphatic carbocycles. The fourth-order valence-corrected chi connectivity index (χ4v) is 4.28. The van der Waals surface area contributed by atoms with Crippen molar-refractivity contribution < 1.29 is 13.2 Å². The summed E-state index contributed by atoms with van der Waals surface area (Å²) in [7, 11) is -3.36. The first kappa shape index (κ1) is 17.6. The van der Waals surface area contributed by atoms with Crippen LogP contribution < -0.4 is 5.32 Å². The molecule has 8 heteroatoms. The van der Waals surface area contributed by atoms with E-state index < -0.39 is 16.1 Å². The van der Waals surface area contributed by atoms with Crippen LogP contribution in [0.4, 0.5) is 0 Å². The van der Waals surface area contributed by atoms with Crippen LogP contribution in [0.5, 0.6) is 0 Å². The van der Waals surface area contributed by atoms with E-state index in [0.29, 0.717) is 32.5 Å². The molecule has 1 aromatic carbocycles. The minimum Gasteiger partial charge on any atom is -0.351 e. The molecule has 1 aliphatic rings. The van der Waals surface area contributed by atoms with Gasteiger partial charge in [-0.05, 0) is 30.0 Å². The van der Waals surface area contributed by atoms with Crippen molar-refractivity contribution in [3.05, 3.63) is 53.9 Å². The van der Waals surface area contributed by atoms with E-state index in [1.807, 2.05) is 41.2 Å². The molecule has 3 rings (SSSR count). The number of nitrogens with one attached hydrogen (secondary N) is 1. The summed E-state index contributed by atoms with van der Waals surface area (Å²) in [6.45, 7) is 1.40. The molecule has 134 valence electrons. The van der Waals surface area contributed by atoms with Crippen LogP contribution in [0.2, 0.25) is 0 Å². The summed E-state index contributed by atoms with van der Waals surface area (Å²) in [6.07, 6.45) is 6.04. The van der Waals surface area contributed by atoms with Gasteiger partial charge in [-0.3, -0.25) is 9.48 Å². The van der Waals surface area contributed by atoms with Crippen LogP contribution in [0.15, 0.2) is 42.7 Å². The Balaban J connectivity index is 1.66. The predicted molar refractivity (Wildman–Crippen MR) is 94.2 cm³/mol. The van der Waals surface area contributed by atoms with Gasteiger partial charge in [0.15, 0.2) is 0 Å². The molecule has 1 atom stereocenters. The summed E-state index contributed by atoms with van der Waals surface area (Å²) in [4.78, 5) is 12.5. The third-order valence-electron chi connectivity index (χ3n) is 4.40. The molecule has 1 unspecified atom stereocenters. The van der Waals surface area contributed by atoms with Gasteiger partial charge in [-0.1, -0.05) is 24.3 Å². The standard InChI is InChI=1S/C17H22N4O3S/c1-25(23,24)21-11-4-8-16(21)17(22)18-12-14-6-2-3-7-15(14)13-20-10-5-9-19-20/h2-3,5-7,9-10,16H,4,8,11-13H2,1H3,(H,18,22). The van der Waals surface area contributed by atoms with E-state index in [-0.39, 0.29) is 5.91 Å². The van der Waals surface area contributed by atoms with Gasteiger partial charge in [-0.2, -0.15) is 9.40 Å². The van der Waals surface area contributed by atoms with E-state index in [1.54, 1.807) is 6.20 Å². The summed E-state index contributed by atoms with van der Waals surface area (Å²) >= 11 is 0. The summed E-state index contributed by atoms with van der Waals surface area (Å²) in [6, 6.07) is 9.10. The average Bonchev–Trinajstić information content (AvgIpc) is 3.24. The highest BCUT2D eigenvalue weighted by atomic mass is 32.2. The van der Waals surface area contributed by atoms with Gasteiger partial charge >= 0.3 is 0 Å². The lowest BCUT2D eigenvalue weighted by Gasteiger charge is -2.21. The first-order valence-corrected chi connectivity index (χ1v) is 10.1. The van der Waals surface area contributed by atoms with Crippen molar-refractivity contribution in [1.29, 1.82) is 0 Å². The maximum atomic E-state index is 12.5. The zero-order valence-electron chi connectivity index (χ0n) is 14.1. The van der Waals surface area contributed by atoms with Gasteiger partial charge < -0.3 is 5.32 Å². The number of amides is 1. The average molecular weight is 362 g/mol. The van der Waals surface area contributed by atoms with Crippen molar-refractivity contribution in [3.63, 3.8) is 0 Å². The van der Waals surface area contributed by atoms with E-state index >= 15 is 0 Å². The molecule has 0 bridgehead atoms. The Morgan fingerprint density at radius 2 is 2.04 bits per heavy atom. The number of sulfonamides is 1. The molecule has 1 aromatic heterocycles. The maximum Gasteiger partial charge on any atom is 0.238 e. The zero-order valence-corrected chi connectivity index (χ0v) is 14.9. The predicted octanol–water partition coefficient (Wildman–Crippen LogP) is 0.972. The lowest BCUT2D eigenvalue weighted by Crippen LogP contribution is -2.45. The Labute approximate surface area is 147 Å². The molecule has 0 radical (unpaired) electrons. The number of rotatable bonds is 6. The summed E-state index contributed by atoms with van der Waals surface area (Å²) < 4.78 is 26.7. The zero-order chi connectivity index (χ0) is 17.9. The van der Waals surface area contributed by atoms with Gasteiger partial charge in [-0.25, -0.2) is 8.42 Å². The van der Waals surface area contributed by atoms with Crippen molar-refractivity contribution in [2.45, 2.75) is 32.0 Å². The van der Waals surface area contributed by atoms with Crippen LogP contribution in [-0.4, -0.2) is 47.3 Å². The number of carbonyl (C=O) groups excluding carboxylic acids is 1. The minimum absolute atomic E-state index is 0.239. The van der Waals surface area contributed by atoms with Crippen molar-refractivity contribution in [3.8, 4) is 0 Å². The Bertz CT molecular complexity index is 833. The molecule has 25 heavy (non-hydrogen) atoms. The monoisotopic (exact) mass is 362 g/mol. The third kappa shape index (κ3) is 4.26. The third-order valence-corrected chi connectivity index (χ3v) is 5.68. The van der Waals surface area contributed by atoms with Gasteiger partial charge in [0.2, 0.25) is 15.9 Å². The highest BCUT2D eigenvalue weighted by Crippen LogP contribution is 2.20. The minimum atomic E-state index is -3.36. The van der Waals surface area contributed by atoms with E-state index in [1.165, 1.54) is 4.31 Å². The maximum absolute atomic E-state index is 12.5. The summed E-state index contributed by atoms with van der Waals surface area (Å²) in [5.41, 5.74) is 2.06. The number of nitrogens with zero attached hydrogens (tertiary/aromatic N) is 3. The molecule has 1 aliphatic heterocycles.